The maximum Gasteiger partial charge on any atom is 0.358 e. The second-order valence-electron chi connectivity index (χ2n) is 5.61. The van der Waals surface area contributed by atoms with Crippen molar-refractivity contribution < 1.29 is 14.3 Å². The Kier molecular flexibility index (Phi) is 4.41. The SMILES string of the molecule is COC(=O)c1ccc(NC2CCN(c3ccc(C)cc3)C2=O)nn1. The number of amides is 1. The van der Waals surface area contributed by atoms with Crippen LogP contribution >= 0.6 is 0 Å². The number of carbonyl (C=O) groups is 2. The molecule has 1 amide bonds. The Morgan fingerprint density at radius 3 is 2.58 bits per heavy atom. The van der Waals surface area contributed by atoms with E-state index in [0.29, 0.717) is 18.8 Å². The van der Waals surface area contributed by atoms with Crippen molar-refractivity contribution in [3.63, 3.8) is 0 Å². The number of aromatic nitrogens is 2. The van der Waals surface area contributed by atoms with Crippen LogP contribution in [0, 0.1) is 6.92 Å². The van der Waals surface area contributed by atoms with Crippen LogP contribution in [0.1, 0.15) is 22.5 Å². The third-order valence-electron chi connectivity index (χ3n) is 3.93. The molecule has 1 aromatic carbocycles. The van der Waals surface area contributed by atoms with Crippen LogP contribution in [0.15, 0.2) is 36.4 Å². The van der Waals surface area contributed by atoms with Gasteiger partial charge in [0.05, 0.1) is 7.11 Å². The normalized spacial score (nSPS) is 17.0. The van der Waals surface area contributed by atoms with Crippen LogP contribution in [0.3, 0.4) is 0 Å². The number of ether oxygens (including phenoxy) is 1. The number of hydrogen-bond acceptors (Lipinski definition) is 6. The number of methoxy groups -OCH3 is 1. The summed E-state index contributed by atoms with van der Waals surface area (Å²) in [4.78, 5) is 25.7. The predicted octanol–water partition coefficient (Wildman–Crippen LogP) is 1.79. The minimum Gasteiger partial charge on any atom is -0.464 e. The zero-order valence-electron chi connectivity index (χ0n) is 13.5. The molecule has 7 heteroatoms. The molecule has 0 aliphatic carbocycles. The van der Waals surface area contributed by atoms with Crippen LogP contribution in [0.5, 0.6) is 0 Å². The molecule has 0 saturated carbocycles. The lowest BCUT2D eigenvalue weighted by Crippen LogP contribution is -2.33. The van der Waals surface area contributed by atoms with Crippen molar-refractivity contribution in [1.29, 1.82) is 0 Å². The standard InChI is InChI=1S/C17H18N4O3/c1-11-3-5-12(6-4-11)21-10-9-13(16(21)22)18-15-8-7-14(19-20-15)17(23)24-2/h3-8,13H,9-10H2,1-2H3,(H,18,20). The molecule has 1 N–H and O–H groups in total. The number of rotatable bonds is 4. The molecule has 1 aromatic heterocycles. The quantitative estimate of drug-likeness (QED) is 0.862. The van der Waals surface area contributed by atoms with Crippen LogP contribution in [0.2, 0.25) is 0 Å². The van der Waals surface area contributed by atoms with E-state index in [2.05, 4.69) is 20.3 Å². The first-order chi connectivity index (χ1) is 11.6. The van der Waals surface area contributed by atoms with Gasteiger partial charge in [-0.3, -0.25) is 4.79 Å². The molecule has 2 heterocycles. The van der Waals surface area contributed by atoms with E-state index in [1.807, 2.05) is 31.2 Å². The van der Waals surface area contributed by atoms with Gasteiger partial charge < -0.3 is 15.0 Å². The first-order valence-electron chi connectivity index (χ1n) is 7.65. The van der Waals surface area contributed by atoms with Crippen LogP contribution in [0.4, 0.5) is 11.5 Å². The Morgan fingerprint density at radius 1 is 1.21 bits per heavy atom. The van der Waals surface area contributed by atoms with E-state index in [1.165, 1.54) is 13.2 Å². The molecule has 2 aromatic rings. The number of carbonyl (C=O) groups excluding carboxylic acids is 2. The van der Waals surface area contributed by atoms with E-state index in [-0.39, 0.29) is 17.6 Å². The summed E-state index contributed by atoms with van der Waals surface area (Å²) < 4.78 is 4.58. The molecular formula is C17H18N4O3. The lowest BCUT2D eigenvalue weighted by molar-refractivity contribution is -0.117. The summed E-state index contributed by atoms with van der Waals surface area (Å²) in [6, 6.07) is 10.6. The van der Waals surface area contributed by atoms with Crippen LogP contribution in [-0.2, 0) is 9.53 Å². The highest BCUT2D eigenvalue weighted by atomic mass is 16.5. The minimum atomic E-state index is -0.545. The Hall–Kier alpha value is -2.96. The maximum absolute atomic E-state index is 12.6. The molecule has 0 spiro atoms. The fourth-order valence-electron chi connectivity index (χ4n) is 2.60. The van der Waals surface area contributed by atoms with Crippen molar-refractivity contribution in [2.24, 2.45) is 0 Å². The van der Waals surface area contributed by atoms with E-state index in [1.54, 1.807) is 11.0 Å². The highest BCUT2D eigenvalue weighted by Crippen LogP contribution is 2.23. The Labute approximate surface area is 139 Å². The Bertz CT molecular complexity index is 743. The van der Waals surface area contributed by atoms with Crippen molar-refractivity contribution in [3.05, 3.63) is 47.7 Å². The van der Waals surface area contributed by atoms with Gasteiger partial charge in [0.2, 0.25) is 5.91 Å². The van der Waals surface area contributed by atoms with Crippen molar-refractivity contribution in [3.8, 4) is 0 Å². The average Bonchev–Trinajstić information content (AvgIpc) is 2.96. The van der Waals surface area contributed by atoms with Gasteiger partial charge in [0.25, 0.3) is 0 Å². The maximum atomic E-state index is 12.6. The number of nitrogens with zero attached hydrogens (tertiary/aromatic N) is 3. The third kappa shape index (κ3) is 3.19. The lowest BCUT2D eigenvalue weighted by atomic mass is 10.2. The average molecular weight is 326 g/mol. The second kappa shape index (κ2) is 6.66. The number of nitrogens with one attached hydrogen (secondary N) is 1. The molecule has 1 aliphatic rings. The predicted molar refractivity (Wildman–Crippen MR) is 88.9 cm³/mol. The highest BCUT2D eigenvalue weighted by molar-refractivity contribution is 6.00. The molecule has 0 radical (unpaired) electrons. The van der Waals surface area contributed by atoms with E-state index >= 15 is 0 Å². The van der Waals surface area contributed by atoms with E-state index < -0.39 is 5.97 Å². The fraction of sp³-hybridized carbons (Fsp3) is 0.294. The topological polar surface area (TPSA) is 84.4 Å². The van der Waals surface area contributed by atoms with Gasteiger partial charge >= 0.3 is 5.97 Å². The number of aryl methyl sites for hydroxylation is 1. The molecule has 1 aliphatic heterocycles. The fourth-order valence-corrected chi connectivity index (χ4v) is 2.60. The molecule has 3 rings (SSSR count). The largest absolute Gasteiger partial charge is 0.464 e. The monoisotopic (exact) mass is 326 g/mol. The summed E-state index contributed by atoms with van der Waals surface area (Å²) in [6.07, 6.45) is 0.674. The van der Waals surface area contributed by atoms with Gasteiger partial charge in [-0.2, -0.15) is 0 Å². The van der Waals surface area contributed by atoms with Gasteiger partial charge in [0, 0.05) is 12.2 Å². The molecule has 1 fully saturated rings. The van der Waals surface area contributed by atoms with Gasteiger partial charge in [-0.15, -0.1) is 10.2 Å². The molecule has 24 heavy (non-hydrogen) atoms. The van der Waals surface area contributed by atoms with Crippen LogP contribution in [-0.4, -0.2) is 41.8 Å². The van der Waals surface area contributed by atoms with Gasteiger partial charge in [0.15, 0.2) is 5.69 Å². The Morgan fingerprint density at radius 2 is 1.96 bits per heavy atom. The summed E-state index contributed by atoms with van der Waals surface area (Å²) >= 11 is 0. The van der Waals surface area contributed by atoms with E-state index in [4.69, 9.17) is 0 Å². The van der Waals surface area contributed by atoms with Crippen molar-refractivity contribution in [2.45, 2.75) is 19.4 Å². The number of esters is 1. The lowest BCUT2D eigenvalue weighted by Gasteiger charge is -2.17. The smallest absolute Gasteiger partial charge is 0.358 e. The van der Waals surface area contributed by atoms with Gasteiger partial charge in [-0.25, -0.2) is 4.79 Å². The molecular weight excluding hydrogens is 308 g/mol. The Balaban J connectivity index is 1.67. The zero-order valence-corrected chi connectivity index (χ0v) is 13.5. The summed E-state index contributed by atoms with van der Waals surface area (Å²) in [6.45, 7) is 2.66. The van der Waals surface area contributed by atoms with Crippen molar-refractivity contribution in [1.82, 2.24) is 10.2 Å². The first-order valence-corrected chi connectivity index (χ1v) is 7.65. The van der Waals surface area contributed by atoms with Gasteiger partial charge in [0.1, 0.15) is 11.9 Å². The highest BCUT2D eigenvalue weighted by Gasteiger charge is 2.32. The second-order valence-corrected chi connectivity index (χ2v) is 5.61. The van der Waals surface area contributed by atoms with Crippen LogP contribution in [0.25, 0.3) is 0 Å². The molecule has 124 valence electrons. The van der Waals surface area contributed by atoms with Crippen molar-refractivity contribution in [2.75, 3.05) is 23.9 Å². The molecule has 1 atom stereocenters. The first kappa shape index (κ1) is 15.9. The van der Waals surface area contributed by atoms with E-state index in [9.17, 15) is 9.59 Å². The number of benzene rings is 1. The van der Waals surface area contributed by atoms with Crippen LogP contribution < -0.4 is 10.2 Å². The number of hydrogen-bond donors (Lipinski definition) is 1. The number of anilines is 2. The molecule has 1 unspecified atom stereocenters. The minimum absolute atomic E-state index is 0.00213. The summed E-state index contributed by atoms with van der Waals surface area (Å²) in [5, 5.41) is 10.8. The van der Waals surface area contributed by atoms with Gasteiger partial charge in [-0.05, 0) is 37.6 Å². The summed E-state index contributed by atoms with van der Waals surface area (Å²) in [5.74, 6) is -0.0963. The van der Waals surface area contributed by atoms with E-state index in [0.717, 1.165) is 11.3 Å². The molecule has 0 bridgehead atoms. The summed E-state index contributed by atoms with van der Waals surface area (Å²) in [5.41, 5.74) is 2.17. The molecule has 7 nitrogen and oxygen atoms in total. The van der Waals surface area contributed by atoms with Gasteiger partial charge in [-0.1, -0.05) is 17.7 Å². The zero-order chi connectivity index (χ0) is 17.1. The third-order valence-corrected chi connectivity index (χ3v) is 3.93. The molecule has 1 saturated heterocycles. The summed E-state index contributed by atoms with van der Waals surface area (Å²) in [7, 11) is 1.28. The van der Waals surface area contributed by atoms with Crippen molar-refractivity contribution >= 4 is 23.4 Å².